The van der Waals surface area contributed by atoms with E-state index in [1.807, 2.05) is 47.4 Å². The summed E-state index contributed by atoms with van der Waals surface area (Å²) in [6.07, 6.45) is 6.46. The lowest BCUT2D eigenvalue weighted by atomic mass is 10.2. The molecule has 4 rings (SSSR count). The summed E-state index contributed by atoms with van der Waals surface area (Å²) in [6, 6.07) is 15.1. The third-order valence-corrected chi connectivity index (χ3v) is 3.66. The smallest absolute Gasteiger partial charge is 0.163 e. The topological polar surface area (TPSA) is 55.3 Å². The third-order valence-electron chi connectivity index (χ3n) is 3.47. The first kappa shape index (κ1) is 14.5. The van der Waals surface area contributed by atoms with Crippen molar-refractivity contribution in [3.05, 3.63) is 78.7 Å². The van der Waals surface area contributed by atoms with Crippen LogP contribution in [-0.2, 0) is 0 Å². The van der Waals surface area contributed by atoms with Crippen LogP contribution in [0.4, 0.5) is 17.2 Å². The van der Waals surface area contributed by atoms with Gasteiger partial charge in [-0.25, -0.2) is 9.97 Å². The SMILES string of the molecule is Clc1cc(N(c2ccoc2)c2ccoc2)nc(-c2ccccc2)n1. The molecule has 0 unspecified atom stereocenters. The van der Waals surface area contributed by atoms with E-state index in [1.165, 1.54) is 0 Å². The summed E-state index contributed by atoms with van der Waals surface area (Å²) in [6.45, 7) is 0. The number of rotatable bonds is 4. The number of furan rings is 2. The molecule has 1 aromatic carbocycles. The van der Waals surface area contributed by atoms with Gasteiger partial charge in [0.25, 0.3) is 0 Å². The Kier molecular flexibility index (Phi) is 3.76. The normalized spacial score (nSPS) is 10.7. The second-order valence-corrected chi connectivity index (χ2v) is 5.42. The molecule has 4 aromatic rings. The first-order valence-electron chi connectivity index (χ1n) is 7.26. The van der Waals surface area contributed by atoms with Crippen molar-refractivity contribution < 1.29 is 8.83 Å². The van der Waals surface area contributed by atoms with Crippen molar-refractivity contribution in [3.8, 4) is 11.4 Å². The van der Waals surface area contributed by atoms with Gasteiger partial charge in [0.15, 0.2) is 5.82 Å². The molecule has 0 radical (unpaired) electrons. The maximum atomic E-state index is 6.24. The van der Waals surface area contributed by atoms with Crippen LogP contribution >= 0.6 is 11.6 Å². The minimum Gasteiger partial charge on any atom is -0.470 e. The van der Waals surface area contributed by atoms with Crippen LogP contribution in [-0.4, -0.2) is 9.97 Å². The van der Waals surface area contributed by atoms with Gasteiger partial charge in [-0.05, 0) is 0 Å². The molecule has 0 amide bonds. The minimum atomic E-state index is 0.357. The van der Waals surface area contributed by atoms with E-state index in [9.17, 15) is 0 Å². The van der Waals surface area contributed by atoms with Crippen LogP contribution in [0.3, 0.4) is 0 Å². The van der Waals surface area contributed by atoms with Gasteiger partial charge in [-0.1, -0.05) is 41.9 Å². The number of halogens is 1. The molecular formula is C18H12ClN3O2. The molecule has 0 atom stereocenters. The Labute approximate surface area is 143 Å². The zero-order valence-corrected chi connectivity index (χ0v) is 13.2. The van der Waals surface area contributed by atoms with Crippen molar-refractivity contribution in [1.29, 1.82) is 0 Å². The average molecular weight is 338 g/mol. The summed E-state index contributed by atoms with van der Waals surface area (Å²) in [5.74, 6) is 1.17. The number of nitrogens with zero attached hydrogens (tertiary/aromatic N) is 3. The molecule has 0 spiro atoms. The van der Waals surface area contributed by atoms with Crippen molar-refractivity contribution in [3.63, 3.8) is 0 Å². The molecule has 0 aliphatic rings. The van der Waals surface area contributed by atoms with Gasteiger partial charge in [0.2, 0.25) is 0 Å². The molecule has 3 aromatic heterocycles. The van der Waals surface area contributed by atoms with Crippen molar-refractivity contribution in [2.45, 2.75) is 0 Å². The van der Waals surface area contributed by atoms with Crippen molar-refractivity contribution in [2.24, 2.45) is 0 Å². The highest BCUT2D eigenvalue weighted by atomic mass is 35.5. The third kappa shape index (κ3) is 2.77. The van der Waals surface area contributed by atoms with Crippen LogP contribution in [0.5, 0.6) is 0 Å². The van der Waals surface area contributed by atoms with Gasteiger partial charge in [0, 0.05) is 23.8 Å². The number of hydrogen-bond donors (Lipinski definition) is 0. The Morgan fingerprint density at radius 2 is 1.50 bits per heavy atom. The lowest BCUT2D eigenvalue weighted by molar-refractivity contribution is 0.566. The molecule has 5 nitrogen and oxygen atoms in total. The van der Waals surface area contributed by atoms with Gasteiger partial charge >= 0.3 is 0 Å². The summed E-state index contributed by atoms with van der Waals surface area (Å²) in [4.78, 5) is 10.9. The van der Waals surface area contributed by atoms with E-state index in [0.29, 0.717) is 16.8 Å². The Bertz CT molecular complexity index is 888. The Balaban J connectivity index is 1.86. The zero-order chi connectivity index (χ0) is 16.4. The Morgan fingerprint density at radius 1 is 0.833 bits per heavy atom. The molecule has 3 heterocycles. The maximum Gasteiger partial charge on any atom is 0.163 e. The Hall–Kier alpha value is -3.05. The quantitative estimate of drug-likeness (QED) is 0.463. The second-order valence-electron chi connectivity index (χ2n) is 5.04. The standard InChI is InChI=1S/C18H12ClN3O2/c19-16-10-17(21-18(20-16)13-4-2-1-3-5-13)22(14-6-8-23-11-14)15-7-9-24-12-15/h1-12H. The fourth-order valence-electron chi connectivity index (χ4n) is 2.42. The predicted octanol–water partition coefficient (Wildman–Crippen LogP) is 5.45. The van der Waals surface area contributed by atoms with E-state index in [4.69, 9.17) is 20.4 Å². The lowest BCUT2D eigenvalue weighted by Gasteiger charge is -2.20. The molecule has 0 N–H and O–H groups in total. The molecule has 24 heavy (non-hydrogen) atoms. The van der Waals surface area contributed by atoms with E-state index in [1.54, 1.807) is 31.1 Å². The highest BCUT2D eigenvalue weighted by Gasteiger charge is 2.18. The van der Waals surface area contributed by atoms with Gasteiger partial charge in [-0.2, -0.15) is 0 Å². The number of benzene rings is 1. The van der Waals surface area contributed by atoms with Crippen molar-refractivity contribution in [2.75, 3.05) is 4.90 Å². The summed E-state index contributed by atoms with van der Waals surface area (Å²) < 4.78 is 10.4. The fourth-order valence-corrected chi connectivity index (χ4v) is 2.60. The van der Waals surface area contributed by atoms with Gasteiger partial charge < -0.3 is 8.83 Å². The molecule has 0 saturated carbocycles. The van der Waals surface area contributed by atoms with Gasteiger partial charge in [0.05, 0.1) is 23.9 Å². The molecule has 0 aliphatic carbocycles. The minimum absolute atomic E-state index is 0.357. The largest absolute Gasteiger partial charge is 0.470 e. The van der Waals surface area contributed by atoms with Crippen LogP contribution in [0.25, 0.3) is 11.4 Å². The van der Waals surface area contributed by atoms with E-state index < -0.39 is 0 Å². The first-order valence-corrected chi connectivity index (χ1v) is 7.63. The van der Waals surface area contributed by atoms with E-state index in [0.717, 1.165) is 16.9 Å². The molecule has 0 fully saturated rings. The molecule has 0 bridgehead atoms. The molecule has 0 saturated heterocycles. The van der Waals surface area contributed by atoms with Crippen molar-refractivity contribution >= 4 is 28.8 Å². The van der Waals surface area contributed by atoms with E-state index >= 15 is 0 Å². The summed E-state index contributed by atoms with van der Waals surface area (Å²) in [7, 11) is 0. The van der Waals surface area contributed by atoms with Crippen LogP contribution in [0.15, 0.2) is 82.4 Å². The van der Waals surface area contributed by atoms with Crippen LogP contribution in [0.1, 0.15) is 0 Å². The van der Waals surface area contributed by atoms with Crippen LogP contribution in [0, 0.1) is 0 Å². The van der Waals surface area contributed by atoms with Crippen molar-refractivity contribution in [1.82, 2.24) is 9.97 Å². The van der Waals surface area contributed by atoms with Crippen LogP contribution in [0.2, 0.25) is 5.15 Å². The zero-order valence-electron chi connectivity index (χ0n) is 12.5. The second kappa shape index (κ2) is 6.22. The summed E-state index contributed by atoms with van der Waals surface area (Å²) >= 11 is 6.24. The molecule has 0 aliphatic heterocycles. The molecule has 118 valence electrons. The molecule has 6 heteroatoms. The fraction of sp³-hybridized carbons (Fsp3) is 0. The number of anilines is 3. The number of hydrogen-bond acceptors (Lipinski definition) is 5. The summed E-state index contributed by atoms with van der Waals surface area (Å²) in [5, 5.41) is 0.357. The van der Waals surface area contributed by atoms with Crippen LogP contribution < -0.4 is 4.90 Å². The number of aromatic nitrogens is 2. The van der Waals surface area contributed by atoms with Gasteiger partial charge in [0.1, 0.15) is 23.5 Å². The van der Waals surface area contributed by atoms with E-state index in [2.05, 4.69) is 9.97 Å². The molecular weight excluding hydrogens is 326 g/mol. The highest BCUT2D eigenvalue weighted by Crippen LogP contribution is 2.35. The van der Waals surface area contributed by atoms with Gasteiger partial charge in [-0.3, -0.25) is 4.90 Å². The highest BCUT2D eigenvalue weighted by molar-refractivity contribution is 6.29. The monoisotopic (exact) mass is 337 g/mol. The van der Waals surface area contributed by atoms with E-state index in [-0.39, 0.29) is 0 Å². The predicted molar refractivity (Wildman–Crippen MR) is 91.7 cm³/mol. The average Bonchev–Trinajstić information content (AvgIpc) is 3.30. The van der Waals surface area contributed by atoms with Gasteiger partial charge in [-0.15, -0.1) is 0 Å². The maximum absolute atomic E-state index is 6.24. The first-order chi connectivity index (χ1) is 11.8. The lowest BCUT2D eigenvalue weighted by Crippen LogP contribution is -2.11. The Morgan fingerprint density at radius 3 is 2.08 bits per heavy atom. The summed E-state index contributed by atoms with van der Waals surface area (Å²) in [5.41, 5.74) is 2.51.